The Morgan fingerprint density at radius 2 is 1.86 bits per heavy atom. The largest absolute Gasteiger partial charge is 0.372 e. The average molecular weight is 286 g/mol. The standard InChI is InChI=1S/C16H22N4O/c1-4-20(5-2)15-8-6-14(7-9-15)16(21)19(3)12-13-10-17-18-11-13/h6-11H,4-5,12H2,1-3H3,(H,17,18). The van der Waals surface area contributed by atoms with Gasteiger partial charge in [0.05, 0.1) is 6.20 Å². The second-order valence-electron chi connectivity index (χ2n) is 4.99. The highest BCUT2D eigenvalue weighted by Gasteiger charge is 2.13. The van der Waals surface area contributed by atoms with Gasteiger partial charge in [-0.05, 0) is 38.1 Å². The zero-order valence-electron chi connectivity index (χ0n) is 12.8. The van der Waals surface area contributed by atoms with Gasteiger partial charge in [-0.1, -0.05) is 0 Å². The average Bonchev–Trinajstić information content (AvgIpc) is 3.01. The van der Waals surface area contributed by atoms with Gasteiger partial charge in [0.25, 0.3) is 5.91 Å². The SMILES string of the molecule is CCN(CC)c1ccc(C(=O)N(C)Cc2cn[nH]c2)cc1. The maximum absolute atomic E-state index is 12.4. The molecule has 1 N–H and O–H groups in total. The highest BCUT2D eigenvalue weighted by Crippen LogP contribution is 2.16. The number of aromatic amines is 1. The maximum Gasteiger partial charge on any atom is 0.253 e. The van der Waals surface area contributed by atoms with Gasteiger partial charge >= 0.3 is 0 Å². The molecule has 0 fully saturated rings. The summed E-state index contributed by atoms with van der Waals surface area (Å²) in [7, 11) is 1.80. The monoisotopic (exact) mass is 286 g/mol. The fourth-order valence-electron chi connectivity index (χ4n) is 2.33. The third-order valence-electron chi connectivity index (χ3n) is 3.56. The molecule has 21 heavy (non-hydrogen) atoms. The summed E-state index contributed by atoms with van der Waals surface area (Å²) in [4.78, 5) is 16.3. The van der Waals surface area contributed by atoms with Crippen LogP contribution in [0, 0.1) is 0 Å². The summed E-state index contributed by atoms with van der Waals surface area (Å²) >= 11 is 0. The summed E-state index contributed by atoms with van der Waals surface area (Å²) in [6, 6.07) is 7.79. The van der Waals surface area contributed by atoms with E-state index in [9.17, 15) is 4.79 Å². The molecule has 0 saturated heterocycles. The number of nitrogens with one attached hydrogen (secondary N) is 1. The molecule has 0 atom stereocenters. The van der Waals surface area contributed by atoms with Crippen molar-refractivity contribution in [1.29, 1.82) is 0 Å². The first kappa shape index (κ1) is 15.1. The summed E-state index contributed by atoms with van der Waals surface area (Å²) in [5.41, 5.74) is 2.84. The van der Waals surface area contributed by atoms with Crippen molar-refractivity contribution in [2.24, 2.45) is 0 Å². The van der Waals surface area contributed by atoms with Crippen LogP contribution in [-0.2, 0) is 6.54 Å². The topological polar surface area (TPSA) is 52.2 Å². The van der Waals surface area contributed by atoms with Gasteiger partial charge in [-0.25, -0.2) is 0 Å². The molecule has 0 aliphatic rings. The van der Waals surface area contributed by atoms with Crippen LogP contribution >= 0.6 is 0 Å². The van der Waals surface area contributed by atoms with Gasteiger partial charge in [0, 0.05) is 49.7 Å². The van der Waals surface area contributed by atoms with Crippen LogP contribution in [0.15, 0.2) is 36.7 Å². The number of carbonyl (C=O) groups is 1. The molecule has 112 valence electrons. The van der Waals surface area contributed by atoms with Gasteiger partial charge in [0.2, 0.25) is 0 Å². The van der Waals surface area contributed by atoms with Crippen LogP contribution in [0.25, 0.3) is 0 Å². The van der Waals surface area contributed by atoms with Crippen LogP contribution in [0.3, 0.4) is 0 Å². The van der Waals surface area contributed by atoms with Crippen LogP contribution in [0.2, 0.25) is 0 Å². The Morgan fingerprint density at radius 3 is 2.38 bits per heavy atom. The Kier molecular flexibility index (Phi) is 4.98. The normalized spacial score (nSPS) is 10.4. The molecule has 0 spiro atoms. The predicted octanol–water partition coefficient (Wildman–Crippen LogP) is 2.53. The summed E-state index contributed by atoms with van der Waals surface area (Å²) in [6.07, 6.45) is 3.53. The van der Waals surface area contributed by atoms with Crippen molar-refractivity contribution >= 4 is 11.6 Å². The zero-order valence-corrected chi connectivity index (χ0v) is 12.8. The summed E-state index contributed by atoms with van der Waals surface area (Å²) < 4.78 is 0. The summed E-state index contributed by atoms with van der Waals surface area (Å²) in [5.74, 6) is 0.0160. The number of amides is 1. The first-order chi connectivity index (χ1) is 10.2. The van der Waals surface area contributed by atoms with E-state index in [4.69, 9.17) is 0 Å². The molecule has 1 aromatic carbocycles. The van der Waals surface area contributed by atoms with E-state index in [0.29, 0.717) is 12.1 Å². The third kappa shape index (κ3) is 3.62. The lowest BCUT2D eigenvalue weighted by molar-refractivity contribution is 0.0785. The molecule has 5 nitrogen and oxygen atoms in total. The first-order valence-corrected chi connectivity index (χ1v) is 7.23. The number of carbonyl (C=O) groups excluding carboxylic acids is 1. The molecule has 1 amide bonds. The molecule has 1 aromatic heterocycles. The molecular formula is C16H22N4O. The minimum atomic E-state index is 0.0160. The van der Waals surface area contributed by atoms with Crippen molar-refractivity contribution in [3.63, 3.8) is 0 Å². The molecule has 2 rings (SSSR count). The lowest BCUT2D eigenvalue weighted by atomic mass is 10.1. The van der Waals surface area contributed by atoms with Crippen molar-refractivity contribution in [3.8, 4) is 0 Å². The molecule has 5 heteroatoms. The Bertz CT molecular complexity index is 558. The fourth-order valence-corrected chi connectivity index (χ4v) is 2.33. The number of anilines is 1. The third-order valence-corrected chi connectivity index (χ3v) is 3.56. The Balaban J connectivity index is 2.05. The van der Waals surface area contributed by atoms with E-state index in [2.05, 4.69) is 28.9 Å². The molecular weight excluding hydrogens is 264 g/mol. The van der Waals surface area contributed by atoms with Gasteiger partial charge in [0.1, 0.15) is 0 Å². The molecule has 1 heterocycles. The van der Waals surface area contributed by atoms with E-state index in [1.165, 1.54) is 0 Å². The molecule has 0 aliphatic heterocycles. The highest BCUT2D eigenvalue weighted by atomic mass is 16.2. The number of hydrogen-bond donors (Lipinski definition) is 1. The minimum Gasteiger partial charge on any atom is -0.372 e. The number of benzene rings is 1. The minimum absolute atomic E-state index is 0.0160. The number of H-pyrrole nitrogens is 1. The van der Waals surface area contributed by atoms with Crippen LogP contribution in [0.4, 0.5) is 5.69 Å². The van der Waals surface area contributed by atoms with E-state index in [0.717, 1.165) is 24.3 Å². The van der Waals surface area contributed by atoms with Crippen molar-refractivity contribution in [3.05, 3.63) is 47.8 Å². The van der Waals surface area contributed by atoms with Crippen molar-refractivity contribution in [2.75, 3.05) is 25.0 Å². The smallest absolute Gasteiger partial charge is 0.253 e. The van der Waals surface area contributed by atoms with Gasteiger partial charge in [-0.2, -0.15) is 5.10 Å². The molecule has 0 bridgehead atoms. The van der Waals surface area contributed by atoms with Gasteiger partial charge in [0.15, 0.2) is 0 Å². The fraction of sp³-hybridized carbons (Fsp3) is 0.375. The number of rotatable bonds is 6. The van der Waals surface area contributed by atoms with Crippen molar-refractivity contribution in [1.82, 2.24) is 15.1 Å². The quantitative estimate of drug-likeness (QED) is 0.888. The van der Waals surface area contributed by atoms with Crippen molar-refractivity contribution < 1.29 is 4.79 Å². The van der Waals surface area contributed by atoms with Crippen LogP contribution in [0.1, 0.15) is 29.8 Å². The van der Waals surface area contributed by atoms with Gasteiger partial charge < -0.3 is 9.80 Å². The van der Waals surface area contributed by atoms with E-state index >= 15 is 0 Å². The summed E-state index contributed by atoms with van der Waals surface area (Å²) in [6.45, 7) is 6.73. The molecule has 0 radical (unpaired) electrons. The Labute approximate surface area is 125 Å². The van der Waals surface area contributed by atoms with E-state index < -0.39 is 0 Å². The van der Waals surface area contributed by atoms with Gasteiger partial charge in [-0.15, -0.1) is 0 Å². The summed E-state index contributed by atoms with van der Waals surface area (Å²) in [5, 5.41) is 6.64. The Hall–Kier alpha value is -2.30. The lowest BCUT2D eigenvalue weighted by Crippen LogP contribution is -2.26. The second kappa shape index (κ2) is 6.92. The molecule has 0 saturated carbocycles. The predicted molar refractivity (Wildman–Crippen MR) is 84.4 cm³/mol. The zero-order chi connectivity index (χ0) is 15.2. The number of hydrogen-bond acceptors (Lipinski definition) is 3. The van der Waals surface area contributed by atoms with Crippen LogP contribution in [0.5, 0.6) is 0 Å². The molecule has 0 aliphatic carbocycles. The highest BCUT2D eigenvalue weighted by molar-refractivity contribution is 5.94. The Morgan fingerprint density at radius 1 is 1.19 bits per heavy atom. The van der Waals surface area contributed by atoms with Crippen molar-refractivity contribution in [2.45, 2.75) is 20.4 Å². The van der Waals surface area contributed by atoms with E-state index in [1.54, 1.807) is 24.3 Å². The lowest BCUT2D eigenvalue weighted by Gasteiger charge is -2.21. The van der Waals surface area contributed by atoms with Crippen LogP contribution < -0.4 is 4.90 Å². The van der Waals surface area contributed by atoms with Gasteiger partial charge in [-0.3, -0.25) is 9.89 Å². The second-order valence-corrected chi connectivity index (χ2v) is 4.99. The molecule has 0 unspecified atom stereocenters. The van der Waals surface area contributed by atoms with Crippen LogP contribution in [-0.4, -0.2) is 41.1 Å². The first-order valence-electron chi connectivity index (χ1n) is 7.23. The number of nitrogens with zero attached hydrogens (tertiary/aromatic N) is 3. The maximum atomic E-state index is 12.4. The van der Waals surface area contributed by atoms with E-state index in [1.807, 2.05) is 24.3 Å². The number of aromatic nitrogens is 2. The molecule has 2 aromatic rings. The van der Waals surface area contributed by atoms with E-state index in [-0.39, 0.29) is 5.91 Å².